The van der Waals surface area contributed by atoms with Crippen LogP contribution in [0, 0.1) is 13.8 Å². The SMILES string of the molecule is Cc1cccc(C)c1NC(=O)CN1CCNCc2ccccc21. The van der Waals surface area contributed by atoms with Gasteiger partial charge in [-0.2, -0.15) is 0 Å². The van der Waals surface area contributed by atoms with Crippen LogP contribution in [0.4, 0.5) is 11.4 Å². The monoisotopic (exact) mass is 309 g/mol. The van der Waals surface area contributed by atoms with Crippen LogP contribution in [0.15, 0.2) is 42.5 Å². The Morgan fingerprint density at radius 3 is 2.65 bits per heavy atom. The molecule has 0 aromatic heterocycles. The Kier molecular flexibility index (Phi) is 4.63. The lowest BCUT2D eigenvalue weighted by Crippen LogP contribution is -2.36. The van der Waals surface area contributed by atoms with Crippen molar-refractivity contribution in [3.8, 4) is 0 Å². The number of aryl methyl sites for hydroxylation is 2. The third-order valence-corrected chi connectivity index (χ3v) is 4.29. The maximum absolute atomic E-state index is 12.5. The van der Waals surface area contributed by atoms with Crippen molar-refractivity contribution >= 4 is 17.3 Å². The summed E-state index contributed by atoms with van der Waals surface area (Å²) < 4.78 is 0. The highest BCUT2D eigenvalue weighted by atomic mass is 16.2. The molecular formula is C19H23N3O. The number of anilines is 2. The Balaban J connectivity index is 1.75. The van der Waals surface area contributed by atoms with Crippen LogP contribution in [-0.4, -0.2) is 25.5 Å². The molecule has 4 nitrogen and oxygen atoms in total. The smallest absolute Gasteiger partial charge is 0.243 e. The predicted octanol–water partition coefficient (Wildman–Crippen LogP) is 2.85. The van der Waals surface area contributed by atoms with Crippen molar-refractivity contribution in [3.63, 3.8) is 0 Å². The van der Waals surface area contributed by atoms with Crippen molar-refractivity contribution in [1.29, 1.82) is 0 Å². The van der Waals surface area contributed by atoms with E-state index >= 15 is 0 Å². The molecule has 0 bridgehead atoms. The first-order chi connectivity index (χ1) is 11.1. The van der Waals surface area contributed by atoms with Gasteiger partial charge in [-0.1, -0.05) is 36.4 Å². The van der Waals surface area contributed by atoms with Gasteiger partial charge in [0.05, 0.1) is 6.54 Å². The molecule has 2 aromatic carbocycles. The van der Waals surface area contributed by atoms with Gasteiger partial charge < -0.3 is 15.5 Å². The zero-order valence-electron chi connectivity index (χ0n) is 13.7. The number of hydrogen-bond acceptors (Lipinski definition) is 3. The maximum atomic E-state index is 12.5. The van der Waals surface area contributed by atoms with E-state index < -0.39 is 0 Å². The molecule has 0 unspecified atom stereocenters. The van der Waals surface area contributed by atoms with Crippen LogP contribution in [0.3, 0.4) is 0 Å². The molecule has 23 heavy (non-hydrogen) atoms. The Morgan fingerprint density at radius 1 is 1.13 bits per heavy atom. The van der Waals surface area contributed by atoms with E-state index in [-0.39, 0.29) is 5.91 Å². The lowest BCUT2D eigenvalue weighted by atomic mass is 10.1. The molecule has 0 aliphatic carbocycles. The summed E-state index contributed by atoms with van der Waals surface area (Å²) in [6, 6.07) is 14.3. The molecule has 2 aromatic rings. The third kappa shape index (κ3) is 3.54. The highest BCUT2D eigenvalue weighted by Gasteiger charge is 2.17. The van der Waals surface area contributed by atoms with E-state index in [1.54, 1.807) is 0 Å². The molecule has 0 fully saturated rings. The number of carbonyl (C=O) groups is 1. The van der Waals surface area contributed by atoms with Crippen LogP contribution < -0.4 is 15.5 Å². The van der Waals surface area contributed by atoms with E-state index in [1.165, 1.54) is 5.56 Å². The van der Waals surface area contributed by atoms with Gasteiger partial charge in [0.2, 0.25) is 5.91 Å². The van der Waals surface area contributed by atoms with Crippen LogP contribution in [-0.2, 0) is 11.3 Å². The van der Waals surface area contributed by atoms with E-state index in [1.807, 2.05) is 44.2 Å². The number of para-hydroxylation sites is 2. The average molecular weight is 309 g/mol. The van der Waals surface area contributed by atoms with Crippen molar-refractivity contribution in [1.82, 2.24) is 5.32 Å². The molecule has 3 rings (SSSR count). The zero-order valence-corrected chi connectivity index (χ0v) is 13.7. The van der Waals surface area contributed by atoms with Crippen LogP contribution in [0.1, 0.15) is 16.7 Å². The molecule has 0 saturated carbocycles. The summed E-state index contributed by atoms with van der Waals surface area (Å²) >= 11 is 0. The normalized spacial score (nSPS) is 14.1. The van der Waals surface area contributed by atoms with Gasteiger partial charge in [0.1, 0.15) is 0 Å². The second kappa shape index (κ2) is 6.84. The number of nitrogens with zero attached hydrogens (tertiary/aromatic N) is 1. The molecule has 0 saturated heterocycles. The first-order valence-corrected chi connectivity index (χ1v) is 8.05. The molecule has 0 spiro atoms. The van der Waals surface area contributed by atoms with E-state index in [2.05, 4.69) is 27.7 Å². The Morgan fingerprint density at radius 2 is 1.87 bits per heavy atom. The molecule has 1 aliphatic heterocycles. The number of amides is 1. The molecule has 4 heteroatoms. The standard InChI is InChI=1S/C19H23N3O/c1-14-6-5-7-15(2)19(14)21-18(23)13-22-11-10-20-12-16-8-3-4-9-17(16)22/h3-9,20H,10-13H2,1-2H3,(H,21,23). The Bertz CT molecular complexity index is 691. The van der Waals surface area contributed by atoms with Crippen LogP contribution in [0.5, 0.6) is 0 Å². The van der Waals surface area contributed by atoms with Gasteiger partial charge in [0.25, 0.3) is 0 Å². The van der Waals surface area contributed by atoms with Gasteiger partial charge >= 0.3 is 0 Å². The minimum absolute atomic E-state index is 0.0269. The molecule has 1 heterocycles. The summed E-state index contributed by atoms with van der Waals surface area (Å²) in [6.45, 7) is 6.97. The number of carbonyl (C=O) groups excluding carboxylic acids is 1. The first-order valence-electron chi connectivity index (χ1n) is 8.05. The predicted molar refractivity (Wildman–Crippen MR) is 94.9 cm³/mol. The molecule has 0 radical (unpaired) electrons. The minimum atomic E-state index is 0.0269. The van der Waals surface area contributed by atoms with E-state index in [4.69, 9.17) is 0 Å². The fraction of sp³-hybridized carbons (Fsp3) is 0.316. The van der Waals surface area contributed by atoms with Crippen LogP contribution in [0.25, 0.3) is 0 Å². The Hall–Kier alpha value is -2.33. The number of rotatable bonds is 3. The second-order valence-electron chi connectivity index (χ2n) is 6.04. The van der Waals surface area contributed by atoms with Crippen molar-refractivity contribution in [2.75, 3.05) is 29.9 Å². The fourth-order valence-electron chi connectivity index (χ4n) is 3.05. The van der Waals surface area contributed by atoms with Gasteiger partial charge in [0.15, 0.2) is 0 Å². The lowest BCUT2D eigenvalue weighted by Gasteiger charge is -2.24. The fourth-order valence-corrected chi connectivity index (χ4v) is 3.05. The number of hydrogen-bond donors (Lipinski definition) is 2. The molecule has 2 N–H and O–H groups in total. The summed E-state index contributed by atoms with van der Waals surface area (Å²) in [5.41, 5.74) is 5.50. The summed E-state index contributed by atoms with van der Waals surface area (Å²) in [6.07, 6.45) is 0. The van der Waals surface area contributed by atoms with Crippen LogP contribution >= 0.6 is 0 Å². The zero-order chi connectivity index (χ0) is 16.2. The molecular weight excluding hydrogens is 286 g/mol. The quantitative estimate of drug-likeness (QED) is 0.916. The summed E-state index contributed by atoms with van der Waals surface area (Å²) in [5, 5.41) is 6.48. The minimum Gasteiger partial charge on any atom is -0.361 e. The molecule has 0 atom stereocenters. The van der Waals surface area contributed by atoms with Crippen molar-refractivity contribution in [2.24, 2.45) is 0 Å². The molecule has 1 aliphatic rings. The average Bonchev–Trinajstić information content (AvgIpc) is 2.74. The maximum Gasteiger partial charge on any atom is 0.243 e. The lowest BCUT2D eigenvalue weighted by molar-refractivity contribution is -0.115. The number of nitrogens with one attached hydrogen (secondary N) is 2. The van der Waals surface area contributed by atoms with Gasteiger partial charge in [-0.05, 0) is 36.6 Å². The highest BCUT2D eigenvalue weighted by Crippen LogP contribution is 2.23. The van der Waals surface area contributed by atoms with Gasteiger partial charge in [-0.25, -0.2) is 0 Å². The van der Waals surface area contributed by atoms with E-state index in [0.717, 1.165) is 42.1 Å². The second-order valence-corrected chi connectivity index (χ2v) is 6.04. The molecule has 1 amide bonds. The van der Waals surface area contributed by atoms with Crippen molar-refractivity contribution < 1.29 is 4.79 Å². The van der Waals surface area contributed by atoms with Crippen LogP contribution in [0.2, 0.25) is 0 Å². The summed E-state index contributed by atoms with van der Waals surface area (Å²) in [4.78, 5) is 14.7. The van der Waals surface area contributed by atoms with E-state index in [9.17, 15) is 4.79 Å². The van der Waals surface area contributed by atoms with Crippen molar-refractivity contribution in [2.45, 2.75) is 20.4 Å². The highest BCUT2D eigenvalue weighted by molar-refractivity contribution is 5.95. The van der Waals surface area contributed by atoms with Gasteiger partial charge in [0, 0.05) is 31.0 Å². The molecule has 120 valence electrons. The van der Waals surface area contributed by atoms with E-state index in [0.29, 0.717) is 6.54 Å². The number of fused-ring (bicyclic) bond motifs is 1. The van der Waals surface area contributed by atoms with Crippen molar-refractivity contribution in [3.05, 3.63) is 59.2 Å². The number of benzene rings is 2. The first kappa shape index (κ1) is 15.6. The topological polar surface area (TPSA) is 44.4 Å². The largest absolute Gasteiger partial charge is 0.361 e. The summed E-state index contributed by atoms with van der Waals surface area (Å²) in [7, 11) is 0. The Labute approximate surface area is 137 Å². The summed E-state index contributed by atoms with van der Waals surface area (Å²) in [5.74, 6) is 0.0269. The van der Waals surface area contributed by atoms with Gasteiger partial charge in [-0.15, -0.1) is 0 Å². The van der Waals surface area contributed by atoms with Gasteiger partial charge in [-0.3, -0.25) is 4.79 Å². The third-order valence-electron chi connectivity index (χ3n) is 4.29.